The van der Waals surface area contributed by atoms with Crippen LogP contribution in [-0.2, 0) is 7.05 Å². The van der Waals surface area contributed by atoms with Crippen LogP contribution in [0.3, 0.4) is 0 Å². The number of fused-ring (bicyclic) bond motifs is 1. The molecule has 5 rings (SSSR count). The lowest BCUT2D eigenvalue weighted by atomic mass is 10.1. The number of aryl methyl sites for hydroxylation is 1. The van der Waals surface area contributed by atoms with Gasteiger partial charge >= 0.3 is 0 Å². The summed E-state index contributed by atoms with van der Waals surface area (Å²) in [7, 11) is 1.89. The molecular formula is C22H21F2N7O. The van der Waals surface area contributed by atoms with Gasteiger partial charge in [-0.2, -0.15) is 0 Å². The minimum Gasteiger partial charge on any atom is -0.338 e. The number of rotatable bonds is 3. The van der Waals surface area contributed by atoms with E-state index in [4.69, 9.17) is 0 Å². The van der Waals surface area contributed by atoms with E-state index in [1.807, 2.05) is 47.5 Å². The summed E-state index contributed by atoms with van der Waals surface area (Å²) in [5, 5.41) is 9.00. The lowest BCUT2D eigenvalue weighted by molar-refractivity contribution is -0.0494. The average molecular weight is 437 g/mol. The molecule has 0 unspecified atom stereocenters. The molecule has 8 nitrogen and oxygen atoms in total. The number of amides is 1. The summed E-state index contributed by atoms with van der Waals surface area (Å²) in [6.07, 6.45) is 4.48. The first-order valence-electron chi connectivity index (χ1n) is 10.3. The second-order valence-corrected chi connectivity index (χ2v) is 8.00. The van der Waals surface area contributed by atoms with Gasteiger partial charge in [0.05, 0.1) is 17.4 Å². The number of pyridine rings is 2. The SMILES string of the molecule is Cc1nnc(-c2ccc(-n3ccc4cc(C(=O)N5CCC(F)(F)CC5)cnc43)cn2)n1C. The standard InChI is InChI=1S/C22H21F2N7O/c1-14-27-28-20(29(14)2)18-4-3-17(13-25-18)31-8-5-15-11-16(12-26-19(15)31)21(32)30-9-6-22(23,24)7-10-30/h3-5,8,11-13H,6-7,9-10H2,1-2H3. The number of carbonyl (C=O) groups excluding carboxylic acids is 1. The molecule has 1 aliphatic heterocycles. The van der Waals surface area contributed by atoms with Crippen molar-refractivity contribution < 1.29 is 13.6 Å². The average Bonchev–Trinajstić information content (AvgIpc) is 3.36. The molecule has 1 aliphatic rings. The van der Waals surface area contributed by atoms with E-state index in [9.17, 15) is 13.6 Å². The van der Waals surface area contributed by atoms with Gasteiger partial charge in [0.2, 0.25) is 0 Å². The molecule has 0 saturated carbocycles. The van der Waals surface area contributed by atoms with Crippen molar-refractivity contribution >= 4 is 16.9 Å². The number of alkyl halides is 2. The molecule has 1 saturated heterocycles. The monoisotopic (exact) mass is 437 g/mol. The Kier molecular flexibility index (Phi) is 4.72. The molecule has 0 bridgehead atoms. The van der Waals surface area contributed by atoms with Crippen molar-refractivity contribution in [3.8, 4) is 17.2 Å². The highest BCUT2D eigenvalue weighted by Gasteiger charge is 2.35. The van der Waals surface area contributed by atoms with Crippen LogP contribution >= 0.6 is 0 Å². The quantitative estimate of drug-likeness (QED) is 0.491. The molecule has 32 heavy (non-hydrogen) atoms. The number of hydrogen-bond donors (Lipinski definition) is 0. The Hall–Kier alpha value is -3.69. The Labute approximate surface area is 182 Å². The molecule has 0 aliphatic carbocycles. The zero-order valence-corrected chi connectivity index (χ0v) is 17.7. The maximum Gasteiger partial charge on any atom is 0.255 e. The van der Waals surface area contributed by atoms with Crippen molar-refractivity contribution in [3.05, 3.63) is 54.2 Å². The fourth-order valence-corrected chi connectivity index (χ4v) is 3.86. The molecule has 0 aromatic carbocycles. The van der Waals surface area contributed by atoms with Crippen molar-refractivity contribution in [3.63, 3.8) is 0 Å². The lowest BCUT2D eigenvalue weighted by Crippen LogP contribution is -2.42. The summed E-state index contributed by atoms with van der Waals surface area (Å²) >= 11 is 0. The molecule has 4 aromatic heterocycles. The van der Waals surface area contributed by atoms with Crippen LogP contribution in [0.15, 0.2) is 42.9 Å². The molecule has 5 heterocycles. The molecule has 10 heteroatoms. The third-order valence-corrected chi connectivity index (χ3v) is 5.90. The van der Waals surface area contributed by atoms with E-state index >= 15 is 0 Å². The maximum atomic E-state index is 13.4. The van der Waals surface area contributed by atoms with E-state index in [2.05, 4.69) is 20.2 Å². The second-order valence-electron chi connectivity index (χ2n) is 8.00. The normalized spacial score (nSPS) is 15.9. The van der Waals surface area contributed by atoms with Gasteiger partial charge in [0.25, 0.3) is 11.8 Å². The largest absolute Gasteiger partial charge is 0.338 e. The molecule has 0 radical (unpaired) electrons. The van der Waals surface area contributed by atoms with Crippen LogP contribution in [0.4, 0.5) is 8.78 Å². The van der Waals surface area contributed by atoms with Crippen LogP contribution in [0.25, 0.3) is 28.2 Å². The van der Waals surface area contributed by atoms with E-state index in [0.717, 1.165) is 16.9 Å². The van der Waals surface area contributed by atoms with Gasteiger partial charge in [-0.1, -0.05) is 0 Å². The predicted octanol–water partition coefficient (Wildman–Crippen LogP) is 3.40. The van der Waals surface area contributed by atoms with Crippen LogP contribution in [0.1, 0.15) is 29.0 Å². The fourth-order valence-electron chi connectivity index (χ4n) is 3.86. The molecule has 164 valence electrons. The van der Waals surface area contributed by atoms with E-state index in [-0.39, 0.29) is 31.8 Å². The third-order valence-electron chi connectivity index (χ3n) is 5.90. The minimum atomic E-state index is -2.69. The summed E-state index contributed by atoms with van der Waals surface area (Å²) in [5.41, 5.74) is 2.59. The van der Waals surface area contributed by atoms with E-state index in [1.54, 1.807) is 12.3 Å². The van der Waals surface area contributed by atoms with Gasteiger partial charge < -0.3 is 9.47 Å². The van der Waals surface area contributed by atoms with Crippen molar-refractivity contribution in [2.75, 3.05) is 13.1 Å². The first-order valence-corrected chi connectivity index (χ1v) is 10.3. The summed E-state index contributed by atoms with van der Waals surface area (Å²) in [6, 6.07) is 7.40. The van der Waals surface area contributed by atoms with Crippen LogP contribution in [0, 0.1) is 6.92 Å². The van der Waals surface area contributed by atoms with Crippen LogP contribution in [0.2, 0.25) is 0 Å². The Morgan fingerprint density at radius 1 is 1.06 bits per heavy atom. The second kappa shape index (κ2) is 7.47. The molecule has 1 fully saturated rings. The number of aromatic nitrogens is 6. The van der Waals surface area contributed by atoms with Crippen molar-refractivity contribution in [1.82, 2.24) is 34.2 Å². The van der Waals surface area contributed by atoms with Gasteiger partial charge in [-0.25, -0.2) is 13.8 Å². The summed E-state index contributed by atoms with van der Waals surface area (Å²) in [6.45, 7) is 1.98. The number of hydrogen-bond acceptors (Lipinski definition) is 5. The highest BCUT2D eigenvalue weighted by Crippen LogP contribution is 2.29. The molecule has 0 N–H and O–H groups in total. The number of likely N-dealkylation sites (tertiary alicyclic amines) is 1. The van der Waals surface area contributed by atoms with Gasteiger partial charge in [0, 0.05) is 50.8 Å². The Morgan fingerprint density at radius 2 is 1.84 bits per heavy atom. The molecule has 1 amide bonds. The van der Waals surface area contributed by atoms with Gasteiger partial charge in [-0.15, -0.1) is 10.2 Å². The van der Waals surface area contributed by atoms with E-state index in [1.165, 1.54) is 11.1 Å². The molecule has 0 spiro atoms. The molecule has 0 atom stereocenters. The van der Waals surface area contributed by atoms with Gasteiger partial charge in [-0.05, 0) is 31.2 Å². The predicted molar refractivity (Wildman–Crippen MR) is 114 cm³/mol. The van der Waals surface area contributed by atoms with E-state index in [0.29, 0.717) is 22.7 Å². The van der Waals surface area contributed by atoms with Gasteiger partial charge in [0.15, 0.2) is 5.82 Å². The van der Waals surface area contributed by atoms with Crippen molar-refractivity contribution in [2.24, 2.45) is 7.05 Å². The van der Waals surface area contributed by atoms with Crippen LogP contribution < -0.4 is 0 Å². The summed E-state index contributed by atoms with van der Waals surface area (Å²) < 4.78 is 30.5. The van der Waals surface area contributed by atoms with E-state index < -0.39 is 5.92 Å². The summed E-state index contributed by atoms with van der Waals surface area (Å²) in [4.78, 5) is 23.2. The first kappa shape index (κ1) is 20.2. The third kappa shape index (κ3) is 3.51. The Bertz CT molecular complexity index is 1300. The first-order chi connectivity index (χ1) is 15.3. The maximum absolute atomic E-state index is 13.4. The Morgan fingerprint density at radius 3 is 2.50 bits per heavy atom. The number of nitrogens with zero attached hydrogens (tertiary/aromatic N) is 7. The van der Waals surface area contributed by atoms with Gasteiger partial charge in [-0.3, -0.25) is 14.3 Å². The smallest absolute Gasteiger partial charge is 0.255 e. The highest BCUT2D eigenvalue weighted by molar-refractivity contribution is 5.97. The number of carbonyl (C=O) groups is 1. The summed E-state index contributed by atoms with van der Waals surface area (Å²) in [5.74, 6) is -1.48. The van der Waals surface area contributed by atoms with Gasteiger partial charge in [0.1, 0.15) is 17.2 Å². The van der Waals surface area contributed by atoms with Crippen LogP contribution in [0.5, 0.6) is 0 Å². The van der Waals surface area contributed by atoms with Crippen LogP contribution in [-0.4, -0.2) is 59.1 Å². The molecule has 4 aromatic rings. The fraction of sp³-hybridized carbons (Fsp3) is 0.318. The zero-order valence-electron chi connectivity index (χ0n) is 17.7. The van der Waals surface area contributed by atoms with Crippen molar-refractivity contribution in [1.29, 1.82) is 0 Å². The Balaban J connectivity index is 1.39. The minimum absolute atomic E-state index is 0.0495. The lowest BCUT2D eigenvalue weighted by Gasteiger charge is -2.31. The topological polar surface area (TPSA) is 81.7 Å². The highest BCUT2D eigenvalue weighted by atomic mass is 19.3. The number of halogens is 2. The molecular weight excluding hydrogens is 416 g/mol. The van der Waals surface area contributed by atoms with Crippen molar-refractivity contribution in [2.45, 2.75) is 25.7 Å². The zero-order chi connectivity index (χ0) is 22.5. The number of piperidine rings is 1.